The highest BCUT2D eigenvalue weighted by molar-refractivity contribution is 5.93. The fourth-order valence-electron chi connectivity index (χ4n) is 5.15. The summed E-state index contributed by atoms with van der Waals surface area (Å²) in [5.74, 6) is 0.0873. The molecule has 0 fully saturated rings. The van der Waals surface area contributed by atoms with E-state index in [2.05, 4.69) is 5.32 Å². The number of hydrogen-bond donors (Lipinski definition) is 1. The largest absolute Gasteiger partial charge is 0.494 e. The van der Waals surface area contributed by atoms with E-state index in [1.54, 1.807) is 31.2 Å². The Morgan fingerprint density at radius 2 is 1.95 bits per heavy atom. The van der Waals surface area contributed by atoms with E-state index in [1.807, 2.05) is 28.3 Å². The molecule has 5 rings (SSSR count). The number of fused-ring (bicyclic) bond motifs is 2. The standard InChI is InChI=1S/C29H30F3N5O3/c1-17-20-10-9-19-15-22(26-35-21-13-18(16-38)14-23(40-4)24(21)36(26)3)37(25(19)34-20)12-8-6-5-7-11-28(2,27(39)33-17)29(30,31)32/h5,7,9-10,13-17H,6,8,11-12H2,1-4H3,(H,33,39)/b7-5+/t17-,28-/m1/s1. The molecule has 0 radical (unpaired) electrons. The molecule has 4 aromatic rings. The van der Waals surface area contributed by atoms with Gasteiger partial charge >= 0.3 is 6.18 Å². The third-order valence-electron chi connectivity index (χ3n) is 7.67. The van der Waals surface area contributed by atoms with Crippen LogP contribution in [0.15, 0.2) is 42.5 Å². The van der Waals surface area contributed by atoms with Gasteiger partial charge in [0.05, 0.1) is 30.1 Å². The van der Waals surface area contributed by atoms with Gasteiger partial charge in [0.25, 0.3) is 0 Å². The van der Waals surface area contributed by atoms with Crippen molar-refractivity contribution in [3.8, 4) is 17.3 Å². The van der Waals surface area contributed by atoms with E-state index in [0.717, 1.165) is 29.8 Å². The lowest BCUT2D eigenvalue weighted by molar-refractivity contribution is -0.216. The Labute approximate surface area is 228 Å². The fourth-order valence-corrected chi connectivity index (χ4v) is 5.15. The molecular weight excluding hydrogens is 523 g/mol. The third kappa shape index (κ3) is 4.52. The number of aldehydes is 1. The second-order valence-electron chi connectivity index (χ2n) is 10.4. The summed E-state index contributed by atoms with van der Waals surface area (Å²) in [6.07, 6.45) is -0.131. The molecule has 1 aliphatic rings. The quantitative estimate of drug-likeness (QED) is 0.252. The zero-order valence-electron chi connectivity index (χ0n) is 22.7. The van der Waals surface area contributed by atoms with Gasteiger partial charge in [0.15, 0.2) is 5.82 Å². The summed E-state index contributed by atoms with van der Waals surface area (Å²) in [7, 11) is 3.41. The maximum absolute atomic E-state index is 14.0. The number of aryl methyl sites for hydroxylation is 2. The van der Waals surface area contributed by atoms with E-state index in [0.29, 0.717) is 53.4 Å². The topological polar surface area (TPSA) is 91.0 Å². The molecule has 1 N–H and O–H groups in total. The van der Waals surface area contributed by atoms with Crippen molar-refractivity contribution >= 4 is 34.3 Å². The van der Waals surface area contributed by atoms with Gasteiger partial charge in [-0.1, -0.05) is 12.2 Å². The van der Waals surface area contributed by atoms with Crippen LogP contribution in [0.1, 0.15) is 55.2 Å². The number of carbonyl (C=O) groups is 2. The average molecular weight is 554 g/mol. The maximum atomic E-state index is 14.0. The van der Waals surface area contributed by atoms with Crippen LogP contribution in [0.2, 0.25) is 0 Å². The molecule has 4 heterocycles. The zero-order valence-corrected chi connectivity index (χ0v) is 22.7. The third-order valence-corrected chi connectivity index (χ3v) is 7.67. The molecule has 0 saturated carbocycles. The van der Waals surface area contributed by atoms with Gasteiger partial charge in [0.1, 0.15) is 28.6 Å². The highest BCUT2D eigenvalue weighted by Gasteiger charge is 2.56. The summed E-state index contributed by atoms with van der Waals surface area (Å²) in [4.78, 5) is 34.0. The minimum atomic E-state index is -4.71. The van der Waals surface area contributed by atoms with Crippen LogP contribution in [0.4, 0.5) is 13.2 Å². The van der Waals surface area contributed by atoms with Gasteiger partial charge < -0.3 is 19.2 Å². The molecule has 0 unspecified atom stereocenters. The molecule has 8 nitrogen and oxygen atoms in total. The Bertz CT molecular complexity index is 1650. The molecule has 2 atom stereocenters. The Balaban J connectivity index is 1.65. The van der Waals surface area contributed by atoms with Gasteiger partial charge in [-0.2, -0.15) is 13.2 Å². The SMILES string of the molecule is COc1cc(C=O)cc2nc(-c3cc4ccc5nc4n3CCC/C=C/C[C@@](C)(C(F)(F)F)C(=O)N[C@@H]5C)n(C)c12. The van der Waals surface area contributed by atoms with Gasteiger partial charge in [-0.15, -0.1) is 0 Å². The Morgan fingerprint density at radius 1 is 1.18 bits per heavy atom. The molecule has 0 aliphatic carbocycles. The molecular formula is C29H30F3N5O3. The number of pyridine rings is 1. The van der Waals surface area contributed by atoms with Crippen LogP contribution in [0.5, 0.6) is 5.75 Å². The van der Waals surface area contributed by atoms with E-state index in [1.165, 1.54) is 13.2 Å². The lowest BCUT2D eigenvalue weighted by Gasteiger charge is -2.31. The fraction of sp³-hybridized carbons (Fsp3) is 0.379. The van der Waals surface area contributed by atoms with Crippen molar-refractivity contribution in [2.45, 2.75) is 51.9 Å². The number of halogens is 3. The predicted molar refractivity (Wildman–Crippen MR) is 145 cm³/mol. The van der Waals surface area contributed by atoms with E-state index < -0.39 is 30.0 Å². The lowest BCUT2D eigenvalue weighted by Crippen LogP contribution is -2.49. The van der Waals surface area contributed by atoms with Crippen molar-refractivity contribution in [3.05, 3.63) is 53.7 Å². The van der Waals surface area contributed by atoms with Gasteiger partial charge in [0, 0.05) is 24.5 Å². The van der Waals surface area contributed by atoms with Crippen LogP contribution in [-0.2, 0) is 18.4 Å². The second kappa shape index (κ2) is 10.1. The lowest BCUT2D eigenvalue weighted by atomic mass is 9.84. The summed E-state index contributed by atoms with van der Waals surface area (Å²) in [5.41, 5.74) is 1.13. The molecule has 40 heavy (non-hydrogen) atoms. The normalized spacial score (nSPS) is 21.4. The van der Waals surface area contributed by atoms with Gasteiger partial charge in [-0.25, -0.2) is 9.97 Å². The molecule has 0 saturated heterocycles. The molecule has 210 valence electrons. The molecule has 0 spiro atoms. The first-order valence-electron chi connectivity index (χ1n) is 13.0. The van der Waals surface area contributed by atoms with Gasteiger partial charge in [0.2, 0.25) is 5.91 Å². The second-order valence-corrected chi connectivity index (χ2v) is 10.4. The van der Waals surface area contributed by atoms with E-state index in [-0.39, 0.29) is 0 Å². The minimum absolute atomic E-state index is 0.450. The number of amides is 1. The predicted octanol–water partition coefficient (Wildman–Crippen LogP) is 5.90. The van der Waals surface area contributed by atoms with Gasteiger partial charge in [-0.3, -0.25) is 9.59 Å². The first-order valence-corrected chi connectivity index (χ1v) is 13.0. The number of aromatic nitrogens is 4. The smallest absolute Gasteiger partial charge is 0.403 e. The number of alkyl halides is 3. The van der Waals surface area contributed by atoms with Crippen LogP contribution in [0.3, 0.4) is 0 Å². The summed E-state index contributed by atoms with van der Waals surface area (Å²) >= 11 is 0. The molecule has 11 heteroatoms. The van der Waals surface area contributed by atoms with Crippen molar-refractivity contribution in [2.24, 2.45) is 12.5 Å². The van der Waals surface area contributed by atoms with Crippen molar-refractivity contribution in [2.75, 3.05) is 7.11 Å². The summed E-state index contributed by atoms with van der Waals surface area (Å²) in [6.45, 7) is 3.10. The minimum Gasteiger partial charge on any atom is -0.494 e. The first kappa shape index (κ1) is 27.4. The van der Waals surface area contributed by atoms with Crippen molar-refractivity contribution in [1.29, 1.82) is 0 Å². The molecule has 1 aromatic carbocycles. The van der Waals surface area contributed by atoms with E-state index in [4.69, 9.17) is 14.7 Å². The number of rotatable bonds is 3. The number of hydrogen-bond acceptors (Lipinski definition) is 5. The maximum Gasteiger partial charge on any atom is 0.403 e. The Kier molecular flexibility index (Phi) is 6.93. The van der Waals surface area contributed by atoms with Crippen LogP contribution in [0.25, 0.3) is 33.6 Å². The number of ether oxygens (including phenoxy) is 1. The Hall–Kier alpha value is -4.15. The highest BCUT2D eigenvalue weighted by atomic mass is 19.4. The number of allylic oxidation sites excluding steroid dienone is 2. The highest BCUT2D eigenvalue weighted by Crippen LogP contribution is 2.42. The number of carbonyl (C=O) groups excluding carboxylic acids is 2. The summed E-state index contributed by atoms with van der Waals surface area (Å²) in [6, 6.07) is 8.16. The summed E-state index contributed by atoms with van der Waals surface area (Å²) < 4.78 is 51.4. The number of nitrogens with one attached hydrogen (secondary N) is 1. The van der Waals surface area contributed by atoms with Crippen molar-refractivity contribution < 1.29 is 27.5 Å². The zero-order chi connectivity index (χ0) is 28.8. The van der Waals surface area contributed by atoms with Crippen molar-refractivity contribution in [1.82, 2.24) is 24.4 Å². The molecule has 3 aromatic heterocycles. The molecule has 1 aliphatic heterocycles. The van der Waals surface area contributed by atoms with E-state index >= 15 is 0 Å². The monoisotopic (exact) mass is 553 g/mol. The van der Waals surface area contributed by atoms with Crippen LogP contribution < -0.4 is 10.1 Å². The van der Waals surface area contributed by atoms with Crippen LogP contribution in [0, 0.1) is 5.41 Å². The number of methoxy groups -OCH3 is 1. The van der Waals surface area contributed by atoms with Gasteiger partial charge in [-0.05, 0) is 63.4 Å². The van der Waals surface area contributed by atoms with Crippen LogP contribution >= 0.6 is 0 Å². The number of nitrogens with zero attached hydrogens (tertiary/aromatic N) is 4. The average Bonchev–Trinajstić information content (AvgIpc) is 3.45. The van der Waals surface area contributed by atoms with Crippen molar-refractivity contribution in [3.63, 3.8) is 0 Å². The Morgan fingerprint density at radius 3 is 2.65 bits per heavy atom. The first-order chi connectivity index (χ1) is 19.0. The number of imidazole rings is 1. The van der Waals surface area contributed by atoms with E-state index in [9.17, 15) is 22.8 Å². The summed E-state index contributed by atoms with van der Waals surface area (Å²) in [5, 5.41) is 3.36. The molecule has 1 amide bonds. The number of benzene rings is 1. The van der Waals surface area contributed by atoms with Crippen LogP contribution in [-0.4, -0.2) is 44.6 Å². The molecule has 2 bridgehead atoms.